The van der Waals surface area contributed by atoms with Gasteiger partial charge in [0.15, 0.2) is 0 Å². The van der Waals surface area contributed by atoms with Gasteiger partial charge in [0.25, 0.3) is 5.91 Å². The number of benzene rings is 2. The van der Waals surface area contributed by atoms with E-state index >= 15 is 0 Å². The van der Waals surface area contributed by atoms with Gasteiger partial charge in [0.2, 0.25) is 10.0 Å². The van der Waals surface area contributed by atoms with Crippen molar-refractivity contribution in [3.63, 3.8) is 0 Å². The summed E-state index contributed by atoms with van der Waals surface area (Å²) in [6, 6.07) is 12.0. The van der Waals surface area contributed by atoms with Crippen molar-refractivity contribution in [1.82, 2.24) is 9.62 Å². The zero-order chi connectivity index (χ0) is 21.5. The van der Waals surface area contributed by atoms with Crippen molar-refractivity contribution in [2.75, 3.05) is 13.1 Å². The van der Waals surface area contributed by atoms with E-state index in [1.165, 1.54) is 16.4 Å². The molecule has 4 rings (SSSR count). The molecule has 1 N–H and O–H groups in total. The average molecular weight is 429 g/mol. The summed E-state index contributed by atoms with van der Waals surface area (Å²) in [6.45, 7) is 7.14. The Hall–Kier alpha value is -2.38. The van der Waals surface area contributed by atoms with E-state index < -0.39 is 15.6 Å². The molecule has 0 spiro atoms. The first-order valence-corrected chi connectivity index (χ1v) is 11.8. The Morgan fingerprint density at radius 2 is 1.77 bits per heavy atom. The molecular formula is C23H28N2O4S. The lowest BCUT2D eigenvalue weighted by molar-refractivity contribution is 0.0619. The second-order valence-corrected chi connectivity index (χ2v) is 10.7. The number of nitrogens with zero attached hydrogens (tertiary/aromatic N) is 1. The summed E-state index contributed by atoms with van der Waals surface area (Å²) in [6.07, 6.45) is 2.43. The molecule has 2 heterocycles. The van der Waals surface area contributed by atoms with Gasteiger partial charge in [-0.3, -0.25) is 4.79 Å². The number of fused-ring (bicyclic) bond motifs is 1. The van der Waals surface area contributed by atoms with Crippen LogP contribution in [0, 0.1) is 6.92 Å². The molecule has 2 aromatic rings. The fourth-order valence-electron chi connectivity index (χ4n) is 4.20. The molecule has 1 fully saturated rings. The second-order valence-electron chi connectivity index (χ2n) is 8.77. The lowest BCUT2D eigenvalue weighted by Crippen LogP contribution is -2.41. The summed E-state index contributed by atoms with van der Waals surface area (Å²) in [4.78, 5) is 13.2. The Morgan fingerprint density at radius 3 is 2.43 bits per heavy atom. The summed E-state index contributed by atoms with van der Waals surface area (Å²) in [7, 11) is -3.48. The van der Waals surface area contributed by atoms with Gasteiger partial charge in [-0.15, -0.1) is 0 Å². The van der Waals surface area contributed by atoms with Gasteiger partial charge in [0.1, 0.15) is 11.4 Å². The highest BCUT2D eigenvalue weighted by atomic mass is 32.2. The molecule has 0 aromatic heterocycles. The highest BCUT2D eigenvalue weighted by Gasteiger charge is 2.35. The number of carbonyl (C=O) groups excluding carboxylic acids is 1. The molecule has 160 valence electrons. The summed E-state index contributed by atoms with van der Waals surface area (Å²) < 4.78 is 32.9. The largest absolute Gasteiger partial charge is 0.487 e. The molecule has 7 heteroatoms. The van der Waals surface area contributed by atoms with E-state index in [0.717, 1.165) is 29.7 Å². The van der Waals surface area contributed by atoms with Crippen molar-refractivity contribution < 1.29 is 17.9 Å². The van der Waals surface area contributed by atoms with Crippen LogP contribution in [0.3, 0.4) is 0 Å². The minimum atomic E-state index is -3.48. The van der Waals surface area contributed by atoms with E-state index in [4.69, 9.17) is 4.74 Å². The minimum absolute atomic E-state index is 0.177. The number of sulfonamides is 1. The molecule has 0 unspecified atom stereocenters. The quantitative estimate of drug-likeness (QED) is 0.803. The molecule has 1 amide bonds. The molecule has 30 heavy (non-hydrogen) atoms. The Labute approximate surface area is 178 Å². The Kier molecular flexibility index (Phi) is 5.36. The van der Waals surface area contributed by atoms with E-state index in [2.05, 4.69) is 5.32 Å². The molecule has 6 nitrogen and oxygen atoms in total. The zero-order valence-corrected chi connectivity index (χ0v) is 18.5. The maximum atomic E-state index is 12.9. The third kappa shape index (κ3) is 4.09. The second kappa shape index (κ2) is 7.71. The maximum Gasteiger partial charge on any atom is 0.251 e. The van der Waals surface area contributed by atoms with Gasteiger partial charge in [-0.25, -0.2) is 8.42 Å². The van der Waals surface area contributed by atoms with E-state index in [1.807, 2.05) is 39.0 Å². The monoisotopic (exact) mass is 428 g/mol. The van der Waals surface area contributed by atoms with Gasteiger partial charge in [-0.2, -0.15) is 4.31 Å². The normalized spacial score (nSPS) is 21.0. The Balaban J connectivity index is 1.54. The molecule has 0 bridgehead atoms. The number of nitrogens with one attached hydrogen (secondary N) is 1. The lowest BCUT2D eigenvalue weighted by atomic mass is 9.88. The topological polar surface area (TPSA) is 75.7 Å². The summed E-state index contributed by atoms with van der Waals surface area (Å²) in [5, 5.41) is 3.11. The Bertz CT molecular complexity index is 1060. The maximum absolute atomic E-state index is 12.9. The van der Waals surface area contributed by atoms with Crippen molar-refractivity contribution in [3.05, 3.63) is 59.2 Å². The van der Waals surface area contributed by atoms with Crippen molar-refractivity contribution in [2.24, 2.45) is 0 Å². The van der Waals surface area contributed by atoms with Crippen LogP contribution in [-0.4, -0.2) is 37.3 Å². The van der Waals surface area contributed by atoms with E-state index in [-0.39, 0.29) is 16.8 Å². The predicted octanol–water partition coefficient (Wildman–Crippen LogP) is 3.81. The summed E-state index contributed by atoms with van der Waals surface area (Å²) in [5.41, 5.74) is 2.12. The first-order valence-electron chi connectivity index (χ1n) is 10.4. The van der Waals surface area contributed by atoms with Crippen LogP contribution in [0.4, 0.5) is 0 Å². The van der Waals surface area contributed by atoms with Crippen LogP contribution in [0.15, 0.2) is 47.4 Å². The summed E-state index contributed by atoms with van der Waals surface area (Å²) >= 11 is 0. The molecule has 1 saturated heterocycles. The smallest absolute Gasteiger partial charge is 0.251 e. The van der Waals surface area contributed by atoms with Crippen LogP contribution in [0.1, 0.15) is 60.6 Å². The van der Waals surface area contributed by atoms with Crippen molar-refractivity contribution in [3.8, 4) is 5.75 Å². The van der Waals surface area contributed by atoms with Gasteiger partial charge < -0.3 is 10.1 Å². The minimum Gasteiger partial charge on any atom is -0.487 e. The average Bonchev–Trinajstić information content (AvgIpc) is 3.24. The van der Waals surface area contributed by atoms with Crippen LogP contribution in [-0.2, 0) is 10.0 Å². The number of carbonyl (C=O) groups is 1. The van der Waals surface area contributed by atoms with E-state index in [9.17, 15) is 13.2 Å². The number of aryl methyl sites for hydroxylation is 1. The molecule has 0 aliphatic carbocycles. The fourth-order valence-corrected chi connectivity index (χ4v) is 5.72. The number of amides is 1. The van der Waals surface area contributed by atoms with Crippen molar-refractivity contribution >= 4 is 15.9 Å². The number of ether oxygens (including phenoxy) is 1. The van der Waals surface area contributed by atoms with E-state index in [0.29, 0.717) is 25.1 Å². The van der Waals surface area contributed by atoms with Crippen LogP contribution < -0.4 is 10.1 Å². The molecule has 2 aliphatic rings. The first-order chi connectivity index (χ1) is 14.2. The molecular weight excluding hydrogens is 400 g/mol. The Morgan fingerprint density at radius 1 is 1.10 bits per heavy atom. The fraction of sp³-hybridized carbons (Fsp3) is 0.435. The van der Waals surface area contributed by atoms with Crippen LogP contribution >= 0.6 is 0 Å². The highest BCUT2D eigenvalue weighted by Crippen LogP contribution is 2.40. The van der Waals surface area contributed by atoms with Gasteiger partial charge >= 0.3 is 0 Å². The standard InChI is InChI=1S/C23H28N2O4S/c1-16-6-11-21-19(14-16)20(15-23(2,3)29-21)24-22(26)17-7-9-18(10-8-17)30(27,28)25-12-4-5-13-25/h6-11,14,20H,4-5,12-13,15H2,1-3H3,(H,24,26)/t20-/m0/s1. The van der Waals surface area contributed by atoms with Gasteiger partial charge in [0, 0.05) is 30.6 Å². The molecule has 2 aromatic carbocycles. The third-order valence-electron chi connectivity index (χ3n) is 5.75. The van der Waals surface area contributed by atoms with Crippen LogP contribution in [0.5, 0.6) is 5.75 Å². The molecule has 0 saturated carbocycles. The molecule has 0 radical (unpaired) electrons. The SMILES string of the molecule is Cc1ccc2c(c1)[C@@H](NC(=O)c1ccc(S(=O)(=O)N3CCCC3)cc1)CC(C)(C)O2. The van der Waals surface area contributed by atoms with Gasteiger partial charge in [-0.1, -0.05) is 17.7 Å². The van der Waals surface area contributed by atoms with Crippen molar-refractivity contribution in [2.45, 2.75) is 56.6 Å². The summed E-state index contributed by atoms with van der Waals surface area (Å²) in [5.74, 6) is 0.560. The third-order valence-corrected chi connectivity index (χ3v) is 7.66. The van der Waals surface area contributed by atoms with Crippen LogP contribution in [0.25, 0.3) is 0 Å². The highest BCUT2D eigenvalue weighted by molar-refractivity contribution is 7.89. The predicted molar refractivity (Wildman–Crippen MR) is 115 cm³/mol. The zero-order valence-electron chi connectivity index (χ0n) is 17.6. The molecule has 2 aliphatic heterocycles. The number of hydrogen-bond acceptors (Lipinski definition) is 4. The van der Waals surface area contributed by atoms with Gasteiger partial charge in [-0.05, 0) is 63.9 Å². The van der Waals surface area contributed by atoms with E-state index in [1.54, 1.807) is 12.1 Å². The molecule has 1 atom stereocenters. The first kappa shape index (κ1) is 20.9. The lowest BCUT2D eigenvalue weighted by Gasteiger charge is -2.38. The number of hydrogen-bond donors (Lipinski definition) is 1. The number of rotatable bonds is 4. The van der Waals surface area contributed by atoms with Crippen LogP contribution in [0.2, 0.25) is 0 Å². The van der Waals surface area contributed by atoms with Crippen molar-refractivity contribution in [1.29, 1.82) is 0 Å². The van der Waals surface area contributed by atoms with Gasteiger partial charge in [0.05, 0.1) is 10.9 Å².